The van der Waals surface area contributed by atoms with Crippen molar-refractivity contribution in [1.82, 2.24) is 0 Å². The lowest BCUT2D eigenvalue weighted by Crippen LogP contribution is -2.21. The maximum atomic E-state index is 4.19. The Labute approximate surface area is 73.4 Å². The fourth-order valence-electron chi connectivity index (χ4n) is 2.42. The summed E-state index contributed by atoms with van der Waals surface area (Å²) in [5, 5.41) is 0. The number of allylic oxidation sites excluding steroid dienone is 1. The average Bonchev–Trinajstić information content (AvgIpc) is 2.36. The normalized spacial score (nSPS) is 29.6. The highest BCUT2D eigenvalue weighted by molar-refractivity contribution is 8.03. The fraction of sp³-hybridized carbons (Fsp3) is 0.800. The Morgan fingerprint density at radius 1 is 1.09 bits per heavy atom. The van der Waals surface area contributed by atoms with Gasteiger partial charge >= 0.3 is 0 Å². The van der Waals surface area contributed by atoms with E-state index in [0.717, 1.165) is 0 Å². The smallest absolute Gasteiger partial charge is 0.00148 e. The molecule has 0 N–H and O–H groups in total. The topological polar surface area (TPSA) is 0 Å². The van der Waals surface area contributed by atoms with Crippen LogP contribution in [0.3, 0.4) is 0 Å². The number of thioether (sulfide) groups is 1. The van der Waals surface area contributed by atoms with Crippen LogP contribution in [-0.4, -0.2) is 5.75 Å². The lowest BCUT2D eigenvalue weighted by molar-refractivity contribution is 0.253. The molecule has 0 nitrogen and oxygen atoms in total. The van der Waals surface area contributed by atoms with Crippen molar-refractivity contribution in [2.45, 2.75) is 38.5 Å². The molecule has 0 aromatic heterocycles. The van der Waals surface area contributed by atoms with Crippen LogP contribution in [0.25, 0.3) is 0 Å². The van der Waals surface area contributed by atoms with Gasteiger partial charge in [-0.05, 0) is 29.9 Å². The van der Waals surface area contributed by atoms with Crippen LogP contribution in [0.1, 0.15) is 38.5 Å². The van der Waals surface area contributed by atoms with Crippen molar-refractivity contribution < 1.29 is 0 Å². The van der Waals surface area contributed by atoms with Crippen LogP contribution in [0, 0.1) is 5.41 Å². The number of rotatable bonds is 0. The van der Waals surface area contributed by atoms with E-state index in [1.54, 1.807) is 0 Å². The van der Waals surface area contributed by atoms with Crippen LogP contribution in [0.5, 0.6) is 0 Å². The van der Waals surface area contributed by atoms with Crippen molar-refractivity contribution >= 4 is 11.8 Å². The second kappa shape index (κ2) is 2.85. The second-order valence-electron chi connectivity index (χ2n) is 3.86. The van der Waals surface area contributed by atoms with E-state index in [2.05, 4.69) is 6.58 Å². The molecule has 1 saturated heterocycles. The van der Waals surface area contributed by atoms with Crippen LogP contribution in [0.15, 0.2) is 11.5 Å². The van der Waals surface area contributed by atoms with E-state index < -0.39 is 0 Å². The van der Waals surface area contributed by atoms with Gasteiger partial charge in [0.05, 0.1) is 0 Å². The Kier molecular flexibility index (Phi) is 2.00. The van der Waals surface area contributed by atoms with Crippen molar-refractivity contribution in [2.24, 2.45) is 5.41 Å². The van der Waals surface area contributed by atoms with E-state index in [9.17, 15) is 0 Å². The predicted molar refractivity (Wildman–Crippen MR) is 51.7 cm³/mol. The van der Waals surface area contributed by atoms with Crippen molar-refractivity contribution in [2.75, 3.05) is 5.75 Å². The molecule has 1 aliphatic carbocycles. The summed E-state index contributed by atoms with van der Waals surface area (Å²) in [5.41, 5.74) is 0.600. The maximum Gasteiger partial charge on any atom is 0.00148 e. The van der Waals surface area contributed by atoms with Crippen molar-refractivity contribution in [3.05, 3.63) is 11.5 Å². The molecule has 0 unspecified atom stereocenters. The highest BCUT2D eigenvalue weighted by atomic mass is 32.2. The lowest BCUT2D eigenvalue weighted by atomic mass is 9.72. The summed E-state index contributed by atoms with van der Waals surface area (Å²) in [6.45, 7) is 4.19. The van der Waals surface area contributed by atoms with Crippen LogP contribution in [0.2, 0.25) is 0 Å². The van der Waals surface area contributed by atoms with Gasteiger partial charge in [0, 0.05) is 5.41 Å². The molecule has 0 radical (unpaired) electrons. The Morgan fingerprint density at radius 2 is 1.82 bits per heavy atom. The van der Waals surface area contributed by atoms with Crippen LogP contribution >= 0.6 is 11.8 Å². The molecule has 1 saturated carbocycles. The summed E-state index contributed by atoms with van der Waals surface area (Å²) in [4.78, 5) is 1.50. The van der Waals surface area contributed by atoms with Gasteiger partial charge in [-0.1, -0.05) is 25.8 Å². The molecule has 2 fully saturated rings. The first kappa shape index (κ1) is 7.72. The molecular weight excluding hydrogens is 152 g/mol. The van der Waals surface area contributed by atoms with Gasteiger partial charge in [0.25, 0.3) is 0 Å². The minimum absolute atomic E-state index is 0.600. The molecule has 0 bridgehead atoms. The van der Waals surface area contributed by atoms with Crippen molar-refractivity contribution in [1.29, 1.82) is 0 Å². The van der Waals surface area contributed by atoms with Gasteiger partial charge in [-0.3, -0.25) is 0 Å². The first-order chi connectivity index (χ1) is 5.33. The predicted octanol–water partition coefficient (Wildman–Crippen LogP) is 3.59. The second-order valence-corrected chi connectivity index (χ2v) is 5.05. The molecule has 0 aromatic rings. The molecule has 62 valence electrons. The minimum atomic E-state index is 0.600. The Balaban J connectivity index is 2.12. The SMILES string of the molecule is C=C1SCCC12CCCCC2. The largest absolute Gasteiger partial charge is 0.131 e. The molecule has 1 heterocycles. The Bertz CT molecular complexity index is 166. The highest BCUT2D eigenvalue weighted by Crippen LogP contribution is 2.53. The van der Waals surface area contributed by atoms with Gasteiger partial charge in [-0.25, -0.2) is 0 Å². The summed E-state index contributed by atoms with van der Waals surface area (Å²) >= 11 is 2.01. The van der Waals surface area contributed by atoms with Crippen LogP contribution in [0.4, 0.5) is 0 Å². The molecular formula is C10H16S. The zero-order valence-electron chi connectivity index (χ0n) is 7.07. The highest BCUT2D eigenvalue weighted by Gasteiger charge is 2.38. The van der Waals surface area contributed by atoms with Crippen molar-refractivity contribution in [3.63, 3.8) is 0 Å². The standard InChI is InChI=1S/C10H16S/c1-9-10(7-8-11-9)5-3-2-4-6-10/h1-8H2. The van der Waals surface area contributed by atoms with Gasteiger partial charge in [0.1, 0.15) is 0 Å². The third kappa shape index (κ3) is 1.24. The van der Waals surface area contributed by atoms with Gasteiger partial charge in [-0.2, -0.15) is 0 Å². The minimum Gasteiger partial charge on any atom is -0.131 e. The first-order valence-corrected chi connectivity index (χ1v) is 5.64. The van der Waals surface area contributed by atoms with E-state index in [1.165, 1.54) is 49.2 Å². The third-order valence-corrected chi connectivity index (χ3v) is 4.45. The van der Waals surface area contributed by atoms with Crippen LogP contribution < -0.4 is 0 Å². The molecule has 0 amide bonds. The Morgan fingerprint density at radius 3 is 2.36 bits per heavy atom. The molecule has 11 heavy (non-hydrogen) atoms. The molecule has 1 aliphatic heterocycles. The monoisotopic (exact) mass is 168 g/mol. The number of hydrogen-bond donors (Lipinski definition) is 0. The average molecular weight is 168 g/mol. The summed E-state index contributed by atoms with van der Waals surface area (Å²) in [6.07, 6.45) is 8.62. The third-order valence-electron chi connectivity index (χ3n) is 3.26. The maximum absolute atomic E-state index is 4.19. The zero-order valence-corrected chi connectivity index (χ0v) is 7.88. The number of hydrogen-bond acceptors (Lipinski definition) is 1. The van der Waals surface area contributed by atoms with Gasteiger partial charge in [0.15, 0.2) is 0 Å². The lowest BCUT2D eigenvalue weighted by Gasteiger charge is -2.33. The van der Waals surface area contributed by atoms with Crippen LogP contribution in [-0.2, 0) is 0 Å². The summed E-state index contributed by atoms with van der Waals surface area (Å²) in [5.74, 6) is 1.33. The molecule has 1 heteroatoms. The summed E-state index contributed by atoms with van der Waals surface area (Å²) < 4.78 is 0. The van der Waals surface area contributed by atoms with Gasteiger partial charge in [0.2, 0.25) is 0 Å². The molecule has 2 aliphatic rings. The molecule has 1 spiro atoms. The zero-order chi connectivity index (χ0) is 7.73. The summed E-state index contributed by atoms with van der Waals surface area (Å²) in [6, 6.07) is 0. The van der Waals surface area contributed by atoms with Crippen molar-refractivity contribution in [3.8, 4) is 0 Å². The quantitative estimate of drug-likeness (QED) is 0.532. The fourth-order valence-corrected chi connectivity index (χ4v) is 3.77. The molecule has 0 atom stereocenters. The van der Waals surface area contributed by atoms with Gasteiger partial charge < -0.3 is 0 Å². The summed E-state index contributed by atoms with van der Waals surface area (Å²) in [7, 11) is 0. The molecule has 2 rings (SSSR count). The van der Waals surface area contributed by atoms with E-state index in [1.807, 2.05) is 11.8 Å². The van der Waals surface area contributed by atoms with E-state index in [4.69, 9.17) is 0 Å². The molecule has 0 aromatic carbocycles. The Hall–Kier alpha value is 0.0900. The van der Waals surface area contributed by atoms with E-state index in [0.29, 0.717) is 5.41 Å². The van der Waals surface area contributed by atoms with Gasteiger partial charge in [-0.15, -0.1) is 11.8 Å². The van der Waals surface area contributed by atoms with E-state index >= 15 is 0 Å². The first-order valence-electron chi connectivity index (χ1n) is 4.66. The van der Waals surface area contributed by atoms with E-state index in [-0.39, 0.29) is 0 Å².